The number of hydrogen-bond donors (Lipinski definition) is 1. The number of anilines is 1. The van der Waals surface area contributed by atoms with Crippen molar-refractivity contribution in [3.8, 4) is 0 Å². The van der Waals surface area contributed by atoms with Gasteiger partial charge in [0.2, 0.25) is 0 Å². The summed E-state index contributed by atoms with van der Waals surface area (Å²) in [6, 6.07) is 14.4. The van der Waals surface area contributed by atoms with Crippen LogP contribution in [-0.4, -0.2) is 5.91 Å². The lowest BCUT2D eigenvalue weighted by molar-refractivity contribution is -0.110. The van der Waals surface area contributed by atoms with E-state index in [0.29, 0.717) is 0 Å². The highest BCUT2D eigenvalue weighted by molar-refractivity contribution is 6.34. The molecule has 1 aliphatic heterocycles. The van der Waals surface area contributed by atoms with Gasteiger partial charge in [0.15, 0.2) is 0 Å². The second-order valence-electron chi connectivity index (χ2n) is 5.16. The molecule has 0 saturated heterocycles. The predicted molar refractivity (Wildman–Crippen MR) is 83.5 cm³/mol. The van der Waals surface area contributed by atoms with Gasteiger partial charge in [-0.15, -0.1) is 0 Å². The Morgan fingerprint density at radius 1 is 1.10 bits per heavy atom. The molecule has 2 nitrogen and oxygen atoms in total. The van der Waals surface area contributed by atoms with Crippen LogP contribution in [0.5, 0.6) is 0 Å². The van der Waals surface area contributed by atoms with Crippen LogP contribution in [0.15, 0.2) is 42.5 Å². The third-order valence-corrected chi connectivity index (χ3v) is 3.66. The Hall–Kier alpha value is -2.35. The molecule has 1 aliphatic rings. The molecule has 1 N–H and O–H groups in total. The number of carbonyl (C=O) groups excluding carboxylic acids is 1. The molecule has 0 spiro atoms. The fourth-order valence-electron chi connectivity index (χ4n) is 2.46. The fourth-order valence-corrected chi connectivity index (χ4v) is 2.46. The van der Waals surface area contributed by atoms with E-state index in [1.807, 2.05) is 25.1 Å². The first-order valence-electron chi connectivity index (χ1n) is 6.90. The van der Waals surface area contributed by atoms with Crippen LogP contribution in [0, 0.1) is 6.92 Å². The quantitative estimate of drug-likeness (QED) is 0.814. The molecule has 0 aliphatic carbocycles. The third-order valence-electron chi connectivity index (χ3n) is 3.66. The smallest absolute Gasteiger partial charge is 0.256 e. The van der Waals surface area contributed by atoms with Gasteiger partial charge in [-0.2, -0.15) is 0 Å². The van der Waals surface area contributed by atoms with Crippen LogP contribution < -0.4 is 5.32 Å². The Morgan fingerprint density at radius 3 is 2.55 bits per heavy atom. The lowest BCUT2D eigenvalue weighted by Crippen LogP contribution is -2.03. The zero-order valence-corrected chi connectivity index (χ0v) is 11.7. The Labute approximate surface area is 119 Å². The van der Waals surface area contributed by atoms with Crippen LogP contribution >= 0.6 is 0 Å². The molecule has 1 heterocycles. The molecule has 2 aromatic carbocycles. The second-order valence-corrected chi connectivity index (χ2v) is 5.16. The summed E-state index contributed by atoms with van der Waals surface area (Å²) >= 11 is 0. The minimum Gasteiger partial charge on any atom is -0.321 e. The van der Waals surface area contributed by atoms with Crippen molar-refractivity contribution in [2.24, 2.45) is 0 Å². The molecular weight excluding hydrogens is 246 g/mol. The van der Waals surface area contributed by atoms with Gasteiger partial charge in [0.1, 0.15) is 0 Å². The largest absolute Gasteiger partial charge is 0.321 e. The minimum absolute atomic E-state index is 0.0230. The summed E-state index contributed by atoms with van der Waals surface area (Å²) < 4.78 is 0. The first kappa shape index (κ1) is 12.7. The Bertz CT molecular complexity index is 696. The summed E-state index contributed by atoms with van der Waals surface area (Å²) in [5, 5.41) is 2.91. The predicted octanol–water partition coefficient (Wildman–Crippen LogP) is 4.05. The Kier molecular flexibility index (Phi) is 3.15. The highest BCUT2D eigenvalue weighted by Crippen LogP contribution is 2.33. The number of aryl methyl sites for hydroxylation is 2. The summed E-state index contributed by atoms with van der Waals surface area (Å²) in [5.41, 5.74) is 6.16. The molecule has 3 rings (SSSR count). The zero-order valence-electron chi connectivity index (χ0n) is 11.7. The molecule has 0 fully saturated rings. The molecule has 0 unspecified atom stereocenters. The SMILES string of the molecule is CCc1ccc(/C=C2/C(=O)Nc3ccc(C)cc32)cc1. The van der Waals surface area contributed by atoms with Crippen LogP contribution in [0.3, 0.4) is 0 Å². The van der Waals surface area contributed by atoms with E-state index in [0.717, 1.165) is 34.4 Å². The number of carbonyl (C=O) groups is 1. The summed E-state index contributed by atoms with van der Waals surface area (Å²) in [7, 11) is 0. The molecule has 0 bridgehead atoms. The second kappa shape index (κ2) is 4.97. The third kappa shape index (κ3) is 2.25. The van der Waals surface area contributed by atoms with Gasteiger partial charge in [0.25, 0.3) is 5.91 Å². The standard InChI is InChI=1S/C18H17NO/c1-3-13-5-7-14(8-6-13)11-16-15-10-12(2)4-9-17(15)19-18(16)20/h4-11H,3H2,1-2H3,(H,19,20)/b16-11+. The highest BCUT2D eigenvalue weighted by Gasteiger charge is 2.23. The van der Waals surface area contributed by atoms with Crippen LogP contribution in [0.4, 0.5) is 5.69 Å². The summed E-state index contributed by atoms with van der Waals surface area (Å²) in [6.45, 7) is 4.17. The molecule has 1 amide bonds. The van der Waals surface area contributed by atoms with Crippen LogP contribution in [0.25, 0.3) is 11.6 Å². The van der Waals surface area contributed by atoms with E-state index in [4.69, 9.17) is 0 Å². The van der Waals surface area contributed by atoms with Crippen LogP contribution in [-0.2, 0) is 11.2 Å². The lowest BCUT2D eigenvalue weighted by Gasteiger charge is -2.01. The van der Waals surface area contributed by atoms with Crippen molar-refractivity contribution in [3.05, 3.63) is 64.7 Å². The monoisotopic (exact) mass is 263 g/mol. The maximum absolute atomic E-state index is 12.1. The molecule has 100 valence electrons. The van der Waals surface area contributed by atoms with Gasteiger partial charge in [-0.25, -0.2) is 0 Å². The van der Waals surface area contributed by atoms with Gasteiger partial charge in [-0.1, -0.05) is 42.8 Å². The lowest BCUT2D eigenvalue weighted by atomic mass is 10.0. The van der Waals surface area contributed by atoms with Gasteiger partial charge in [0.05, 0.1) is 0 Å². The molecular formula is C18H17NO. The van der Waals surface area contributed by atoms with Crippen LogP contribution in [0.1, 0.15) is 29.2 Å². The first-order chi connectivity index (χ1) is 9.67. The fraction of sp³-hybridized carbons (Fsp3) is 0.167. The molecule has 0 aromatic heterocycles. The van der Waals surface area contributed by atoms with Gasteiger partial charge < -0.3 is 5.32 Å². The number of nitrogens with one attached hydrogen (secondary N) is 1. The van der Waals surface area contributed by atoms with Crippen molar-refractivity contribution < 1.29 is 4.79 Å². The van der Waals surface area contributed by atoms with E-state index in [9.17, 15) is 4.79 Å². The van der Waals surface area contributed by atoms with Gasteiger partial charge >= 0.3 is 0 Å². The van der Waals surface area contributed by atoms with Crippen molar-refractivity contribution in [2.45, 2.75) is 20.3 Å². The minimum atomic E-state index is -0.0230. The van der Waals surface area contributed by atoms with Crippen LogP contribution in [0.2, 0.25) is 0 Å². The van der Waals surface area contributed by atoms with Crippen molar-refractivity contribution in [1.29, 1.82) is 0 Å². The van der Waals surface area contributed by atoms with Crippen molar-refractivity contribution in [3.63, 3.8) is 0 Å². The topological polar surface area (TPSA) is 29.1 Å². The van der Waals surface area contributed by atoms with Gasteiger partial charge in [-0.05, 0) is 42.7 Å². The summed E-state index contributed by atoms with van der Waals surface area (Å²) in [6.07, 6.45) is 2.99. The van der Waals surface area contributed by atoms with E-state index in [1.54, 1.807) is 0 Å². The number of rotatable bonds is 2. The Morgan fingerprint density at radius 2 is 1.85 bits per heavy atom. The highest BCUT2D eigenvalue weighted by atomic mass is 16.2. The summed E-state index contributed by atoms with van der Waals surface area (Å²) in [5.74, 6) is -0.0230. The average molecular weight is 263 g/mol. The molecule has 2 heteroatoms. The maximum atomic E-state index is 12.1. The van der Waals surface area contributed by atoms with E-state index in [2.05, 4.69) is 42.6 Å². The normalized spacial score (nSPS) is 15.3. The van der Waals surface area contributed by atoms with Crippen molar-refractivity contribution >= 4 is 23.2 Å². The zero-order chi connectivity index (χ0) is 14.1. The van der Waals surface area contributed by atoms with Gasteiger partial charge in [0, 0.05) is 16.8 Å². The molecule has 0 saturated carbocycles. The van der Waals surface area contributed by atoms with E-state index in [-0.39, 0.29) is 5.91 Å². The molecule has 0 radical (unpaired) electrons. The number of amides is 1. The average Bonchev–Trinajstić information content (AvgIpc) is 2.76. The number of benzene rings is 2. The Balaban J connectivity index is 2.03. The molecule has 0 atom stereocenters. The molecule has 20 heavy (non-hydrogen) atoms. The number of hydrogen-bond acceptors (Lipinski definition) is 1. The van der Waals surface area contributed by atoms with Gasteiger partial charge in [-0.3, -0.25) is 4.79 Å². The first-order valence-corrected chi connectivity index (χ1v) is 6.90. The van der Waals surface area contributed by atoms with E-state index in [1.165, 1.54) is 5.56 Å². The van der Waals surface area contributed by atoms with E-state index >= 15 is 0 Å². The van der Waals surface area contributed by atoms with Crippen molar-refractivity contribution in [1.82, 2.24) is 0 Å². The van der Waals surface area contributed by atoms with E-state index < -0.39 is 0 Å². The molecule has 2 aromatic rings. The summed E-state index contributed by atoms with van der Waals surface area (Å²) in [4.78, 5) is 12.1. The number of fused-ring (bicyclic) bond motifs is 1. The maximum Gasteiger partial charge on any atom is 0.256 e. The van der Waals surface area contributed by atoms with Crippen molar-refractivity contribution in [2.75, 3.05) is 5.32 Å².